The van der Waals surface area contributed by atoms with Crippen molar-refractivity contribution in [1.82, 2.24) is 4.98 Å². The quantitative estimate of drug-likeness (QED) is 0.542. The Labute approximate surface area is 192 Å². The van der Waals surface area contributed by atoms with Gasteiger partial charge in [-0.1, -0.05) is 18.2 Å². The van der Waals surface area contributed by atoms with Crippen LogP contribution in [0.1, 0.15) is 34.5 Å². The Kier molecular flexibility index (Phi) is 5.00. The van der Waals surface area contributed by atoms with Crippen LogP contribution in [-0.4, -0.2) is 35.2 Å². The van der Waals surface area contributed by atoms with Crippen LogP contribution in [0.4, 0.5) is 8.78 Å². The number of carbonyl (C=O) groups is 2. The molecule has 7 nitrogen and oxygen atoms in total. The Morgan fingerprint density at radius 3 is 2.38 bits per heavy atom. The zero-order valence-corrected chi connectivity index (χ0v) is 18.0. The van der Waals surface area contributed by atoms with E-state index in [1.807, 2.05) is 0 Å². The molecule has 1 N–H and O–H groups in total. The molecule has 0 amide bonds. The zero-order chi connectivity index (χ0) is 24.1. The van der Waals surface area contributed by atoms with Crippen molar-refractivity contribution in [1.29, 1.82) is 0 Å². The number of alkyl halides is 2. The van der Waals surface area contributed by atoms with E-state index < -0.39 is 17.7 Å². The normalized spacial score (nSPS) is 16.7. The van der Waals surface area contributed by atoms with Gasteiger partial charge < -0.3 is 19.3 Å². The standard InChI is InChI=1S/C25H19F2NO6/c1-32-19-9-7-17(28-22(19)14-2-4-15(5-3-14)23(30)31)13-21(29)24(10-11-24)16-6-8-18-20(12-16)34-25(26,27)33-18/h2-9,12H,10-11,13H2,1H3,(H,30,31). The second-order valence-electron chi connectivity index (χ2n) is 8.25. The van der Waals surface area contributed by atoms with E-state index in [4.69, 9.17) is 9.84 Å². The molecule has 174 valence electrons. The predicted octanol–water partition coefficient (Wildman–Crippen LogP) is 4.62. The summed E-state index contributed by atoms with van der Waals surface area (Å²) in [4.78, 5) is 29.0. The average molecular weight is 467 g/mol. The van der Waals surface area contributed by atoms with Gasteiger partial charge in [0.2, 0.25) is 0 Å². The number of carboxylic acids is 1. The molecule has 2 aromatic carbocycles. The monoisotopic (exact) mass is 467 g/mol. The van der Waals surface area contributed by atoms with Gasteiger partial charge in [0.1, 0.15) is 17.2 Å². The molecule has 3 aromatic rings. The Morgan fingerprint density at radius 1 is 1.03 bits per heavy atom. The van der Waals surface area contributed by atoms with Crippen molar-refractivity contribution in [3.8, 4) is 28.5 Å². The molecular weight excluding hydrogens is 448 g/mol. The molecule has 34 heavy (non-hydrogen) atoms. The maximum Gasteiger partial charge on any atom is 0.586 e. The second kappa shape index (κ2) is 7.79. The number of Topliss-reactive ketones (excluding diaryl/α,β-unsaturated/α-hetero) is 1. The smallest absolute Gasteiger partial charge is 0.494 e. The minimum Gasteiger partial charge on any atom is -0.494 e. The first-order chi connectivity index (χ1) is 16.2. The van der Waals surface area contributed by atoms with Gasteiger partial charge in [-0.05, 0) is 54.8 Å². The van der Waals surface area contributed by atoms with Gasteiger partial charge in [0.15, 0.2) is 11.5 Å². The van der Waals surface area contributed by atoms with E-state index in [0.29, 0.717) is 41.1 Å². The largest absolute Gasteiger partial charge is 0.586 e. The lowest BCUT2D eigenvalue weighted by Crippen LogP contribution is -2.26. The number of fused-ring (bicyclic) bond motifs is 1. The summed E-state index contributed by atoms with van der Waals surface area (Å²) in [6.45, 7) is 0. The van der Waals surface area contributed by atoms with Crippen LogP contribution in [0.25, 0.3) is 11.3 Å². The van der Waals surface area contributed by atoms with Gasteiger partial charge in [-0.2, -0.15) is 0 Å². The minimum absolute atomic E-state index is 0.0365. The summed E-state index contributed by atoms with van der Waals surface area (Å²) in [7, 11) is 1.50. The van der Waals surface area contributed by atoms with Crippen molar-refractivity contribution in [3.63, 3.8) is 0 Å². The number of aromatic carboxylic acids is 1. The number of ketones is 1. The van der Waals surface area contributed by atoms with E-state index in [1.54, 1.807) is 30.3 Å². The van der Waals surface area contributed by atoms with Crippen molar-refractivity contribution in [2.45, 2.75) is 31.0 Å². The Morgan fingerprint density at radius 2 is 1.74 bits per heavy atom. The van der Waals surface area contributed by atoms with Crippen LogP contribution in [0.15, 0.2) is 54.6 Å². The lowest BCUT2D eigenvalue weighted by atomic mass is 9.88. The number of carboxylic acid groups (broad SMARTS) is 1. The van der Waals surface area contributed by atoms with Crippen molar-refractivity contribution < 1.29 is 37.7 Å². The summed E-state index contributed by atoms with van der Waals surface area (Å²) >= 11 is 0. The molecule has 1 aliphatic carbocycles. The van der Waals surface area contributed by atoms with Gasteiger partial charge in [0.05, 0.1) is 18.1 Å². The highest BCUT2D eigenvalue weighted by atomic mass is 19.3. The summed E-state index contributed by atoms with van der Waals surface area (Å²) in [5, 5.41) is 9.11. The van der Waals surface area contributed by atoms with Crippen LogP contribution in [0.5, 0.6) is 17.2 Å². The number of halogens is 2. The second-order valence-corrected chi connectivity index (χ2v) is 8.25. The molecule has 0 saturated heterocycles. The number of hydrogen-bond acceptors (Lipinski definition) is 6. The van der Waals surface area contributed by atoms with Crippen LogP contribution in [0.2, 0.25) is 0 Å². The SMILES string of the molecule is COc1ccc(CC(=O)C2(c3ccc4c(c3)OC(F)(F)O4)CC2)nc1-c1ccc(C(=O)O)cc1. The van der Waals surface area contributed by atoms with Crippen molar-refractivity contribution >= 4 is 11.8 Å². The molecular formula is C25H19F2NO6. The Hall–Kier alpha value is -4.01. The minimum atomic E-state index is -3.71. The van der Waals surface area contributed by atoms with Gasteiger partial charge in [-0.3, -0.25) is 4.79 Å². The van der Waals surface area contributed by atoms with Crippen molar-refractivity contribution in [3.05, 3.63) is 71.4 Å². The van der Waals surface area contributed by atoms with Crippen LogP contribution < -0.4 is 14.2 Å². The summed E-state index contributed by atoms with van der Waals surface area (Å²) in [6.07, 6.45) is -2.48. The summed E-state index contributed by atoms with van der Waals surface area (Å²) in [5.41, 5.74) is 1.62. The number of methoxy groups -OCH3 is 1. The fraction of sp³-hybridized carbons (Fsp3) is 0.240. The van der Waals surface area contributed by atoms with E-state index in [1.165, 1.54) is 31.4 Å². The first-order valence-electron chi connectivity index (χ1n) is 10.5. The highest BCUT2D eigenvalue weighted by molar-refractivity contribution is 5.94. The summed E-state index contributed by atoms with van der Waals surface area (Å²) in [5.74, 6) is -0.781. The first-order valence-corrected chi connectivity index (χ1v) is 10.5. The highest BCUT2D eigenvalue weighted by Crippen LogP contribution is 2.52. The number of benzene rings is 2. The lowest BCUT2D eigenvalue weighted by molar-refractivity contribution is -0.286. The zero-order valence-electron chi connectivity index (χ0n) is 18.0. The molecule has 2 heterocycles. The van der Waals surface area contributed by atoms with Crippen molar-refractivity contribution in [2.75, 3.05) is 7.11 Å². The topological polar surface area (TPSA) is 95.0 Å². The maximum atomic E-state index is 13.4. The number of nitrogens with zero attached hydrogens (tertiary/aromatic N) is 1. The van der Waals surface area contributed by atoms with Crippen LogP contribution >= 0.6 is 0 Å². The molecule has 0 spiro atoms. The third-order valence-electron chi connectivity index (χ3n) is 6.12. The van der Waals surface area contributed by atoms with E-state index in [2.05, 4.69) is 14.5 Å². The van der Waals surface area contributed by atoms with E-state index in [-0.39, 0.29) is 29.3 Å². The number of pyridine rings is 1. The molecule has 0 atom stereocenters. The fourth-order valence-electron chi connectivity index (χ4n) is 4.16. The van der Waals surface area contributed by atoms with Gasteiger partial charge >= 0.3 is 12.3 Å². The Balaban J connectivity index is 1.40. The van der Waals surface area contributed by atoms with Gasteiger partial charge in [-0.25, -0.2) is 9.78 Å². The predicted molar refractivity (Wildman–Crippen MR) is 115 cm³/mol. The van der Waals surface area contributed by atoms with Crippen LogP contribution in [0, 0.1) is 0 Å². The molecule has 0 radical (unpaired) electrons. The molecule has 9 heteroatoms. The number of carbonyl (C=O) groups excluding carboxylic acids is 1. The number of aromatic nitrogens is 1. The van der Waals surface area contributed by atoms with Crippen LogP contribution in [0.3, 0.4) is 0 Å². The van der Waals surface area contributed by atoms with Crippen molar-refractivity contribution in [2.24, 2.45) is 0 Å². The van der Waals surface area contributed by atoms with E-state index >= 15 is 0 Å². The summed E-state index contributed by atoms with van der Waals surface area (Å²) in [6, 6.07) is 14.1. The molecule has 0 bridgehead atoms. The summed E-state index contributed by atoms with van der Waals surface area (Å²) < 4.78 is 41.1. The first kappa shape index (κ1) is 21.8. The third kappa shape index (κ3) is 3.83. The van der Waals surface area contributed by atoms with E-state index in [0.717, 1.165) is 0 Å². The highest BCUT2D eigenvalue weighted by Gasteiger charge is 2.52. The Bertz CT molecular complexity index is 1300. The van der Waals surface area contributed by atoms with E-state index in [9.17, 15) is 18.4 Å². The van der Waals surface area contributed by atoms with Gasteiger partial charge in [0, 0.05) is 17.7 Å². The molecule has 5 rings (SSSR count). The molecule has 1 aliphatic heterocycles. The molecule has 0 unspecified atom stereocenters. The third-order valence-corrected chi connectivity index (χ3v) is 6.12. The molecule has 1 aromatic heterocycles. The molecule has 1 fully saturated rings. The maximum absolute atomic E-state index is 13.4. The van der Waals surface area contributed by atoms with Crippen LogP contribution in [-0.2, 0) is 16.6 Å². The fourth-order valence-corrected chi connectivity index (χ4v) is 4.16. The number of ether oxygens (including phenoxy) is 3. The average Bonchev–Trinajstić information content (AvgIpc) is 3.56. The lowest BCUT2D eigenvalue weighted by Gasteiger charge is -2.16. The molecule has 2 aliphatic rings. The van der Waals surface area contributed by atoms with Gasteiger partial charge in [-0.15, -0.1) is 8.78 Å². The number of hydrogen-bond donors (Lipinski definition) is 1. The van der Waals surface area contributed by atoms with Gasteiger partial charge in [0.25, 0.3) is 0 Å². The molecule has 1 saturated carbocycles. The number of rotatable bonds is 7.